The van der Waals surface area contributed by atoms with Gasteiger partial charge in [0.15, 0.2) is 5.65 Å². The second-order valence-electron chi connectivity index (χ2n) is 2.03. The van der Waals surface area contributed by atoms with Gasteiger partial charge in [0.25, 0.3) is 0 Å². The summed E-state index contributed by atoms with van der Waals surface area (Å²) in [6.45, 7) is 0. The lowest BCUT2D eigenvalue weighted by atomic mass is 10.4. The van der Waals surface area contributed by atoms with E-state index in [1.54, 1.807) is 6.33 Å². The van der Waals surface area contributed by atoms with E-state index in [-0.39, 0.29) is 0 Å². The van der Waals surface area contributed by atoms with Gasteiger partial charge in [-0.05, 0) is 22.0 Å². The minimum atomic E-state index is 0.435. The number of halogens is 2. The molecule has 0 unspecified atom stereocenters. The zero-order valence-corrected chi connectivity index (χ0v) is 7.65. The van der Waals surface area contributed by atoms with E-state index < -0.39 is 0 Å². The standard InChI is InChI=1S/C6H3BrClN3/c7-3-1-4-6(10-2-9-4)11-5(3)8/h1-2H,(H,9,10,11). The molecule has 2 aromatic heterocycles. The number of H-pyrrole nitrogens is 1. The highest BCUT2D eigenvalue weighted by atomic mass is 79.9. The van der Waals surface area contributed by atoms with Gasteiger partial charge in [-0.25, -0.2) is 9.97 Å². The van der Waals surface area contributed by atoms with E-state index in [0.29, 0.717) is 10.8 Å². The largest absolute Gasteiger partial charge is 0.343 e. The summed E-state index contributed by atoms with van der Waals surface area (Å²) >= 11 is 8.99. The van der Waals surface area contributed by atoms with Gasteiger partial charge < -0.3 is 4.98 Å². The van der Waals surface area contributed by atoms with Crippen LogP contribution in [0.15, 0.2) is 16.9 Å². The maximum atomic E-state index is 5.73. The molecule has 5 heteroatoms. The summed E-state index contributed by atoms with van der Waals surface area (Å²) in [4.78, 5) is 10.9. The number of imidazole rings is 1. The van der Waals surface area contributed by atoms with Crippen molar-refractivity contribution in [2.75, 3.05) is 0 Å². The minimum absolute atomic E-state index is 0.435. The Bertz CT molecular complexity index is 362. The average molecular weight is 232 g/mol. The molecule has 2 rings (SSSR count). The number of hydrogen-bond donors (Lipinski definition) is 1. The number of nitrogens with zero attached hydrogens (tertiary/aromatic N) is 2. The van der Waals surface area contributed by atoms with Gasteiger partial charge >= 0.3 is 0 Å². The van der Waals surface area contributed by atoms with Crippen LogP contribution in [0.2, 0.25) is 5.15 Å². The fourth-order valence-corrected chi connectivity index (χ4v) is 1.28. The van der Waals surface area contributed by atoms with Crippen molar-refractivity contribution in [2.24, 2.45) is 0 Å². The van der Waals surface area contributed by atoms with E-state index in [1.807, 2.05) is 6.07 Å². The van der Waals surface area contributed by atoms with Crippen molar-refractivity contribution < 1.29 is 0 Å². The van der Waals surface area contributed by atoms with Crippen LogP contribution in [0.1, 0.15) is 0 Å². The SMILES string of the molecule is Clc1nc2nc[nH]c2cc1Br. The zero-order chi connectivity index (χ0) is 7.84. The molecule has 0 aliphatic heterocycles. The molecular weight excluding hydrogens is 229 g/mol. The van der Waals surface area contributed by atoms with Gasteiger partial charge in [0, 0.05) is 0 Å². The molecule has 11 heavy (non-hydrogen) atoms. The summed E-state index contributed by atoms with van der Waals surface area (Å²) in [5.74, 6) is 0. The Morgan fingerprint density at radius 3 is 3.18 bits per heavy atom. The molecule has 0 aromatic carbocycles. The first-order valence-electron chi connectivity index (χ1n) is 2.92. The molecule has 0 radical (unpaired) electrons. The van der Waals surface area contributed by atoms with Crippen molar-refractivity contribution in [1.29, 1.82) is 0 Å². The van der Waals surface area contributed by atoms with E-state index in [4.69, 9.17) is 11.6 Å². The van der Waals surface area contributed by atoms with Gasteiger partial charge in [0.05, 0.1) is 16.3 Å². The Kier molecular flexibility index (Phi) is 1.58. The molecular formula is C6H3BrClN3. The van der Waals surface area contributed by atoms with Crippen molar-refractivity contribution >= 4 is 38.7 Å². The van der Waals surface area contributed by atoms with Crippen molar-refractivity contribution in [3.8, 4) is 0 Å². The van der Waals surface area contributed by atoms with Crippen LogP contribution < -0.4 is 0 Å². The van der Waals surface area contributed by atoms with Gasteiger partial charge in [0.1, 0.15) is 5.15 Å². The third-order valence-corrected chi connectivity index (χ3v) is 2.44. The molecule has 56 valence electrons. The Balaban J connectivity index is 2.86. The van der Waals surface area contributed by atoms with Crippen molar-refractivity contribution in [3.63, 3.8) is 0 Å². The van der Waals surface area contributed by atoms with Crippen LogP contribution >= 0.6 is 27.5 Å². The quantitative estimate of drug-likeness (QED) is 0.709. The number of aromatic amines is 1. The first-order valence-corrected chi connectivity index (χ1v) is 4.09. The monoisotopic (exact) mass is 231 g/mol. The number of rotatable bonds is 0. The molecule has 0 bridgehead atoms. The van der Waals surface area contributed by atoms with Crippen LogP contribution in [0, 0.1) is 0 Å². The summed E-state index contributed by atoms with van der Waals surface area (Å²) in [5, 5.41) is 0.435. The highest BCUT2D eigenvalue weighted by molar-refractivity contribution is 9.10. The molecule has 0 aliphatic carbocycles. The van der Waals surface area contributed by atoms with Crippen LogP contribution in [0.4, 0.5) is 0 Å². The van der Waals surface area contributed by atoms with Crippen LogP contribution in [0.3, 0.4) is 0 Å². The summed E-state index contributed by atoms with van der Waals surface area (Å²) in [6, 6.07) is 1.84. The molecule has 0 atom stereocenters. The Morgan fingerprint density at radius 1 is 1.55 bits per heavy atom. The van der Waals surface area contributed by atoms with E-state index >= 15 is 0 Å². The Labute approximate surface area is 75.9 Å². The van der Waals surface area contributed by atoms with E-state index in [9.17, 15) is 0 Å². The summed E-state index contributed by atoms with van der Waals surface area (Å²) in [7, 11) is 0. The molecule has 2 heterocycles. The number of hydrogen-bond acceptors (Lipinski definition) is 2. The Hall–Kier alpha value is -0.610. The van der Waals surface area contributed by atoms with Gasteiger partial charge in [-0.3, -0.25) is 0 Å². The average Bonchev–Trinajstić information content (AvgIpc) is 2.36. The predicted molar refractivity (Wildman–Crippen MR) is 46.6 cm³/mol. The van der Waals surface area contributed by atoms with Crippen molar-refractivity contribution in [3.05, 3.63) is 22.0 Å². The predicted octanol–water partition coefficient (Wildman–Crippen LogP) is 2.37. The van der Waals surface area contributed by atoms with E-state index in [1.165, 1.54) is 0 Å². The topological polar surface area (TPSA) is 41.6 Å². The second kappa shape index (κ2) is 2.46. The summed E-state index contributed by atoms with van der Waals surface area (Å²) in [6.07, 6.45) is 1.58. The highest BCUT2D eigenvalue weighted by Gasteiger charge is 2.02. The van der Waals surface area contributed by atoms with Gasteiger partial charge in [0.2, 0.25) is 0 Å². The van der Waals surface area contributed by atoms with Crippen molar-refractivity contribution in [2.45, 2.75) is 0 Å². The van der Waals surface area contributed by atoms with Crippen LogP contribution in [0.25, 0.3) is 11.2 Å². The van der Waals surface area contributed by atoms with Gasteiger partial charge in [-0.15, -0.1) is 0 Å². The molecule has 0 saturated carbocycles. The first-order chi connectivity index (χ1) is 5.27. The summed E-state index contributed by atoms with van der Waals surface area (Å²) in [5.41, 5.74) is 1.51. The molecule has 2 aromatic rings. The minimum Gasteiger partial charge on any atom is -0.343 e. The lowest BCUT2D eigenvalue weighted by molar-refractivity contribution is 1.30. The molecule has 0 fully saturated rings. The lowest BCUT2D eigenvalue weighted by Gasteiger charge is -1.92. The van der Waals surface area contributed by atoms with E-state index in [0.717, 1.165) is 9.99 Å². The number of nitrogens with one attached hydrogen (secondary N) is 1. The maximum absolute atomic E-state index is 5.73. The highest BCUT2D eigenvalue weighted by Crippen LogP contribution is 2.22. The summed E-state index contributed by atoms with van der Waals surface area (Å²) < 4.78 is 0.774. The molecule has 0 aliphatic rings. The zero-order valence-electron chi connectivity index (χ0n) is 5.31. The third kappa shape index (κ3) is 1.12. The fraction of sp³-hybridized carbons (Fsp3) is 0. The second-order valence-corrected chi connectivity index (χ2v) is 3.25. The molecule has 0 spiro atoms. The van der Waals surface area contributed by atoms with Crippen LogP contribution in [-0.4, -0.2) is 15.0 Å². The third-order valence-electron chi connectivity index (χ3n) is 1.32. The molecule has 0 saturated heterocycles. The Morgan fingerprint density at radius 2 is 2.36 bits per heavy atom. The smallest absolute Gasteiger partial charge is 0.178 e. The maximum Gasteiger partial charge on any atom is 0.178 e. The fourth-order valence-electron chi connectivity index (χ4n) is 0.825. The van der Waals surface area contributed by atoms with Crippen LogP contribution in [0.5, 0.6) is 0 Å². The van der Waals surface area contributed by atoms with Gasteiger partial charge in [-0.2, -0.15) is 0 Å². The first kappa shape index (κ1) is 7.06. The molecule has 1 N–H and O–H groups in total. The normalized spacial score (nSPS) is 10.7. The number of fused-ring (bicyclic) bond motifs is 1. The lowest BCUT2D eigenvalue weighted by Crippen LogP contribution is -1.79. The van der Waals surface area contributed by atoms with Gasteiger partial charge in [-0.1, -0.05) is 11.6 Å². The number of aromatic nitrogens is 3. The molecule has 0 amide bonds. The van der Waals surface area contributed by atoms with E-state index in [2.05, 4.69) is 30.9 Å². The number of pyridine rings is 1. The molecule has 3 nitrogen and oxygen atoms in total. The van der Waals surface area contributed by atoms with Crippen LogP contribution in [-0.2, 0) is 0 Å². The van der Waals surface area contributed by atoms with Crippen molar-refractivity contribution in [1.82, 2.24) is 15.0 Å².